The van der Waals surface area contributed by atoms with Gasteiger partial charge in [-0.2, -0.15) is 0 Å². The molecule has 0 bridgehead atoms. The van der Waals surface area contributed by atoms with Crippen molar-refractivity contribution in [2.24, 2.45) is 0 Å². The zero-order valence-electron chi connectivity index (χ0n) is 19.0. The van der Waals surface area contributed by atoms with Gasteiger partial charge in [0.2, 0.25) is 0 Å². The number of benzene rings is 3. The Morgan fingerprint density at radius 1 is 1.03 bits per heavy atom. The number of nitrogens with one attached hydrogen (secondary N) is 1. The predicted octanol–water partition coefficient (Wildman–Crippen LogP) is 5.37. The molecule has 0 saturated carbocycles. The van der Waals surface area contributed by atoms with Gasteiger partial charge in [0, 0.05) is 7.05 Å². The van der Waals surface area contributed by atoms with E-state index in [1.165, 1.54) is 17.0 Å². The average molecular weight is 445 g/mol. The van der Waals surface area contributed by atoms with Gasteiger partial charge in [-0.05, 0) is 68.3 Å². The molecule has 1 aromatic heterocycles. The highest BCUT2D eigenvalue weighted by Gasteiger charge is 2.25. The average Bonchev–Trinajstić information content (AvgIpc) is 2.81. The summed E-state index contributed by atoms with van der Waals surface area (Å²) in [6.07, 6.45) is 0. The van der Waals surface area contributed by atoms with Crippen molar-refractivity contribution in [3.8, 4) is 5.69 Å². The molecule has 33 heavy (non-hydrogen) atoms. The minimum Gasteiger partial charge on any atom is -0.318 e. The number of hydrogen-bond donors (Lipinski definition) is 1. The van der Waals surface area contributed by atoms with Crippen molar-refractivity contribution < 1.29 is 9.18 Å². The van der Waals surface area contributed by atoms with Gasteiger partial charge in [0.15, 0.2) is 0 Å². The van der Waals surface area contributed by atoms with E-state index in [1.807, 2.05) is 38.1 Å². The van der Waals surface area contributed by atoms with Gasteiger partial charge in [-0.1, -0.05) is 30.3 Å². The summed E-state index contributed by atoms with van der Waals surface area (Å²) in [5.74, 6) is -0.115. The van der Waals surface area contributed by atoms with Crippen LogP contribution in [0.1, 0.15) is 29.9 Å². The molecule has 4 rings (SSSR count). The second kappa shape index (κ2) is 8.86. The smallest absolute Gasteiger partial charge is 0.318 e. The summed E-state index contributed by atoms with van der Waals surface area (Å²) < 4.78 is 15.6. The Bertz CT molecular complexity index is 1410. The Morgan fingerprint density at radius 3 is 2.45 bits per heavy atom. The number of para-hydroxylation sites is 2. The number of carbonyl (C=O) groups excluding carboxylic acids is 1. The molecule has 2 amide bonds. The maximum atomic E-state index is 14.0. The molecule has 3 aromatic carbocycles. The quantitative estimate of drug-likeness (QED) is 0.460. The third-order valence-electron chi connectivity index (χ3n) is 5.94. The van der Waals surface area contributed by atoms with Crippen LogP contribution >= 0.6 is 0 Å². The highest BCUT2D eigenvalue weighted by atomic mass is 19.1. The SMILES string of the molecule is Cc1ccc(-n2c(C(C)N(C)C(=O)Nc3ccccc3F)nc3ccccc3c2=O)cc1C. The lowest BCUT2D eigenvalue weighted by Crippen LogP contribution is -2.37. The van der Waals surface area contributed by atoms with Crippen molar-refractivity contribution in [1.82, 2.24) is 14.5 Å². The Kier molecular flexibility index (Phi) is 5.96. The van der Waals surface area contributed by atoms with Crippen molar-refractivity contribution in [3.05, 3.63) is 99.9 Å². The summed E-state index contributed by atoms with van der Waals surface area (Å²) in [5.41, 5.74) is 3.24. The van der Waals surface area contributed by atoms with Crippen molar-refractivity contribution in [2.45, 2.75) is 26.8 Å². The monoisotopic (exact) mass is 444 g/mol. The number of aromatic nitrogens is 2. The van der Waals surface area contributed by atoms with Crippen LogP contribution in [0.25, 0.3) is 16.6 Å². The fourth-order valence-corrected chi connectivity index (χ4v) is 3.66. The normalized spacial score (nSPS) is 11.9. The number of amides is 2. The first-order valence-corrected chi connectivity index (χ1v) is 10.7. The summed E-state index contributed by atoms with van der Waals surface area (Å²) >= 11 is 0. The van der Waals surface area contributed by atoms with Gasteiger partial charge in [-0.25, -0.2) is 14.2 Å². The number of fused-ring (bicyclic) bond motifs is 1. The van der Waals surface area contributed by atoms with Crippen LogP contribution in [0.2, 0.25) is 0 Å². The molecule has 168 valence electrons. The first-order valence-electron chi connectivity index (χ1n) is 10.7. The lowest BCUT2D eigenvalue weighted by Gasteiger charge is -2.27. The van der Waals surface area contributed by atoms with E-state index < -0.39 is 17.9 Å². The number of aryl methyl sites for hydroxylation is 2. The number of urea groups is 1. The van der Waals surface area contributed by atoms with Gasteiger partial charge < -0.3 is 10.2 Å². The molecule has 0 saturated heterocycles. The minimum atomic E-state index is -0.587. The molecule has 4 aromatic rings. The van der Waals surface area contributed by atoms with Crippen molar-refractivity contribution in [3.63, 3.8) is 0 Å². The number of hydrogen-bond acceptors (Lipinski definition) is 3. The molecule has 0 aliphatic rings. The molecule has 6 nitrogen and oxygen atoms in total. The van der Waals surface area contributed by atoms with Crippen LogP contribution in [0, 0.1) is 19.7 Å². The fraction of sp³-hybridized carbons (Fsp3) is 0.192. The molecule has 0 radical (unpaired) electrons. The van der Waals surface area contributed by atoms with Gasteiger partial charge in [-0.15, -0.1) is 0 Å². The van der Waals surface area contributed by atoms with Crippen LogP contribution in [0.15, 0.2) is 71.5 Å². The summed E-state index contributed by atoms with van der Waals surface area (Å²) in [6.45, 7) is 5.77. The van der Waals surface area contributed by atoms with Crippen LogP contribution in [0.5, 0.6) is 0 Å². The van der Waals surface area contributed by atoms with E-state index in [0.29, 0.717) is 22.4 Å². The Labute approximate surface area is 191 Å². The van der Waals surface area contributed by atoms with Crippen LogP contribution < -0.4 is 10.9 Å². The van der Waals surface area contributed by atoms with Gasteiger partial charge in [0.1, 0.15) is 11.6 Å². The standard InChI is InChI=1S/C26H25FN4O2/c1-16-13-14-19(15-17(16)2)31-24(28-22-11-7-5-9-20(22)25(31)32)18(3)30(4)26(33)29-23-12-8-6-10-21(23)27/h5-15,18H,1-4H3,(H,29,33). The predicted molar refractivity (Wildman–Crippen MR) is 128 cm³/mol. The minimum absolute atomic E-state index is 0.0829. The number of rotatable bonds is 4. The topological polar surface area (TPSA) is 67.2 Å². The largest absolute Gasteiger partial charge is 0.322 e. The van der Waals surface area contributed by atoms with E-state index in [4.69, 9.17) is 4.98 Å². The summed E-state index contributed by atoms with van der Waals surface area (Å²) in [7, 11) is 1.59. The third-order valence-corrected chi connectivity index (χ3v) is 5.94. The summed E-state index contributed by atoms with van der Waals surface area (Å²) in [4.78, 5) is 32.6. The molecule has 1 unspecified atom stereocenters. The highest BCUT2D eigenvalue weighted by Crippen LogP contribution is 2.24. The molecule has 1 heterocycles. The summed E-state index contributed by atoms with van der Waals surface area (Å²) in [5, 5.41) is 3.08. The van der Waals surface area contributed by atoms with Gasteiger partial charge in [0.05, 0.1) is 28.3 Å². The molecule has 0 aliphatic heterocycles. The molecular weight excluding hydrogens is 419 g/mol. The van der Waals surface area contributed by atoms with E-state index >= 15 is 0 Å². The lowest BCUT2D eigenvalue weighted by atomic mass is 10.1. The highest BCUT2D eigenvalue weighted by molar-refractivity contribution is 5.89. The van der Waals surface area contributed by atoms with Gasteiger partial charge in [-0.3, -0.25) is 9.36 Å². The molecule has 1 atom stereocenters. The van der Waals surface area contributed by atoms with Crippen molar-refractivity contribution in [2.75, 3.05) is 12.4 Å². The van der Waals surface area contributed by atoms with Crippen LogP contribution in [-0.4, -0.2) is 27.5 Å². The molecule has 0 spiro atoms. The molecule has 0 fully saturated rings. The van der Waals surface area contributed by atoms with Gasteiger partial charge >= 0.3 is 6.03 Å². The Balaban J connectivity index is 1.81. The third kappa shape index (κ3) is 4.22. The number of nitrogens with zero attached hydrogens (tertiary/aromatic N) is 3. The Morgan fingerprint density at radius 2 is 1.73 bits per heavy atom. The van der Waals surface area contributed by atoms with E-state index in [1.54, 1.807) is 48.9 Å². The van der Waals surface area contributed by atoms with E-state index in [2.05, 4.69) is 5.32 Å². The maximum absolute atomic E-state index is 14.0. The number of halogens is 1. The van der Waals surface area contributed by atoms with Crippen LogP contribution in [0.3, 0.4) is 0 Å². The maximum Gasteiger partial charge on any atom is 0.322 e. The fourth-order valence-electron chi connectivity index (χ4n) is 3.66. The molecule has 7 heteroatoms. The lowest BCUT2D eigenvalue weighted by molar-refractivity contribution is 0.205. The zero-order valence-corrected chi connectivity index (χ0v) is 19.0. The zero-order chi connectivity index (χ0) is 23.7. The van der Waals surface area contributed by atoms with E-state index in [9.17, 15) is 14.0 Å². The summed E-state index contributed by atoms with van der Waals surface area (Å²) in [6, 6.07) is 17.8. The number of anilines is 1. The van der Waals surface area contributed by atoms with Crippen molar-refractivity contribution in [1.29, 1.82) is 0 Å². The first-order chi connectivity index (χ1) is 15.8. The van der Waals surface area contributed by atoms with Crippen LogP contribution in [0.4, 0.5) is 14.9 Å². The van der Waals surface area contributed by atoms with E-state index in [-0.39, 0.29) is 11.2 Å². The second-order valence-electron chi connectivity index (χ2n) is 8.09. The molecular formula is C26H25FN4O2. The van der Waals surface area contributed by atoms with Gasteiger partial charge in [0.25, 0.3) is 5.56 Å². The number of carbonyl (C=O) groups is 1. The van der Waals surface area contributed by atoms with Crippen molar-refractivity contribution >= 4 is 22.6 Å². The first kappa shape index (κ1) is 22.2. The second-order valence-corrected chi connectivity index (χ2v) is 8.09. The van der Waals surface area contributed by atoms with Crippen LogP contribution in [-0.2, 0) is 0 Å². The Hall–Kier alpha value is -4.00. The molecule has 1 N–H and O–H groups in total. The van der Waals surface area contributed by atoms with E-state index in [0.717, 1.165) is 11.1 Å². The molecule has 0 aliphatic carbocycles.